The standard InChI is InChI=1S/C12H18S/c1-3-11(4-2)10-13-12-8-6-5-7-9-12/h5-9,11H,3-4,10H2,1-2H3. The van der Waals surface area contributed by atoms with Gasteiger partial charge in [0.05, 0.1) is 0 Å². The molecule has 0 aliphatic rings. The summed E-state index contributed by atoms with van der Waals surface area (Å²) in [5, 5.41) is 0. The topological polar surface area (TPSA) is 0 Å². The van der Waals surface area contributed by atoms with Crippen LogP contribution in [0.3, 0.4) is 0 Å². The minimum atomic E-state index is 0.880. The third-order valence-corrected chi connectivity index (χ3v) is 3.63. The summed E-state index contributed by atoms with van der Waals surface area (Å²) in [6.45, 7) is 4.56. The number of hydrogen-bond donors (Lipinski definition) is 0. The van der Waals surface area contributed by atoms with E-state index in [2.05, 4.69) is 44.2 Å². The summed E-state index contributed by atoms with van der Waals surface area (Å²) in [5.41, 5.74) is 0. The van der Waals surface area contributed by atoms with Gasteiger partial charge in [-0.15, -0.1) is 11.8 Å². The first kappa shape index (κ1) is 10.6. The van der Waals surface area contributed by atoms with Crippen molar-refractivity contribution in [2.24, 2.45) is 5.92 Å². The predicted octanol–water partition coefficient (Wildman–Crippen LogP) is 4.21. The van der Waals surface area contributed by atoms with Gasteiger partial charge in [-0.1, -0.05) is 44.9 Å². The van der Waals surface area contributed by atoms with Crippen LogP contribution >= 0.6 is 11.8 Å². The molecule has 0 saturated carbocycles. The molecule has 0 aromatic heterocycles. The van der Waals surface area contributed by atoms with Crippen molar-refractivity contribution in [3.05, 3.63) is 30.3 Å². The van der Waals surface area contributed by atoms with E-state index in [-0.39, 0.29) is 0 Å². The molecule has 0 heterocycles. The van der Waals surface area contributed by atoms with Crippen molar-refractivity contribution >= 4 is 11.8 Å². The second-order valence-electron chi connectivity index (χ2n) is 3.31. The second kappa shape index (κ2) is 6.09. The van der Waals surface area contributed by atoms with Gasteiger partial charge in [0.25, 0.3) is 0 Å². The molecule has 72 valence electrons. The Morgan fingerprint density at radius 1 is 1.08 bits per heavy atom. The van der Waals surface area contributed by atoms with Gasteiger partial charge in [0.2, 0.25) is 0 Å². The highest BCUT2D eigenvalue weighted by Crippen LogP contribution is 2.22. The Bertz CT molecular complexity index is 214. The molecule has 1 heteroatoms. The molecular weight excluding hydrogens is 176 g/mol. The van der Waals surface area contributed by atoms with Crippen molar-refractivity contribution in [3.63, 3.8) is 0 Å². The highest BCUT2D eigenvalue weighted by Gasteiger charge is 2.03. The first-order valence-corrected chi connectivity index (χ1v) is 6.03. The van der Waals surface area contributed by atoms with Gasteiger partial charge in [0.1, 0.15) is 0 Å². The average Bonchev–Trinajstić information content (AvgIpc) is 2.21. The molecule has 1 rings (SSSR count). The van der Waals surface area contributed by atoms with Crippen molar-refractivity contribution < 1.29 is 0 Å². The molecule has 0 atom stereocenters. The largest absolute Gasteiger partial charge is 0.126 e. The molecule has 0 amide bonds. The second-order valence-corrected chi connectivity index (χ2v) is 4.40. The minimum absolute atomic E-state index is 0.880. The van der Waals surface area contributed by atoms with Gasteiger partial charge in [-0.05, 0) is 18.1 Å². The Labute approximate surface area is 85.7 Å². The summed E-state index contributed by atoms with van der Waals surface area (Å²) in [5.74, 6) is 2.14. The molecule has 1 aromatic carbocycles. The number of thioether (sulfide) groups is 1. The first-order chi connectivity index (χ1) is 6.36. The van der Waals surface area contributed by atoms with Crippen molar-refractivity contribution in [1.29, 1.82) is 0 Å². The summed E-state index contributed by atoms with van der Waals surface area (Å²) in [6, 6.07) is 10.7. The number of rotatable bonds is 5. The van der Waals surface area contributed by atoms with Gasteiger partial charge in [0, 0.05) is 10.6 Å². The van der Waals surface area contributed by atoms with Crippen LogP contribution in [0.2, 0.25) is 0 Å². The molecule has 0 unspecified atom stereocenters. The summed E-state index contributed by atoms with van der Waals surface area (Å²) in [7, 11) is 0. The van der Waals surface area contributed by atoms with E-state index in [4.69, 9.17) is 0 Å². The fourth-order valence-corrected chi connectivity index (χ4v) is 2.50. The lowest BCUT2D eigenvalue weighted by Crippen LogP contribution is -1.99. The van der Waals surface area contributed by atoms with Gasteiger partial charge >= 0.3 is 0 Å². The number of benzene rings is 1. The van der Waals surface area contributed by atoms with E-state index in [0.29, 0.717) is 0 Å². The van der Waals surface area contributed by atoms with E-state index < -0.39 is 0 Å². The maximum Gasteiger partial charge on any atom is 0.00720 e. The molecule has 0 aliphatic carbocycles. The lowest BCUT2D eigenvalue weighted by molar-refractivity contribution is 0.554. The first-order valence-electron chi connectivity index (χ1n) is 5.04. The van der Waals surface area contributed by atoms with E-state index in [1.54, 1.807) is 0 Å². The van der Waals surface area contributed by atoms with Crippen LogP contribution in [0, 0.1) is 5.92 Å². The van der Waals surface area contributed by atoms with Crippen LogP contribution in [0.25, 0.3) is 0 Å². The summed E-state index contributed by atoms with van der Waals surface area (Å²) in [6.07, 6.45) is 2.60. The quantitative estimate of drug-likeness (QED) is 0.633. The number of hydrogen-bond acceptors (Lipinski definition) is 1. The van der Waals surface area contributed by atoms with Crippen LogP contribution in [-0.2, 0) is 0 Å². The van der Waals surface area contributed by atoms with Crippen molar-refractivity contribution in [3.8, 4) is 0 Å². The SMILES string of the molecule is CCC(CC)CSc1ccccc1. The van der Waals surface area contributed by atoms with Gasteiger partial charge in [0.15, 0.2) is 0 Å². The average molecular weight is 194 g/mol. The van der Waals surface area contributed by atoms with Crippen LogP contribution in [0.1, 0.15) is 26.7 Å². The zero-order valence-electron chi connectivity index (χ0n) is 8.49. The molecule has 0 bridgehead atoms. The molecule has 0 nitrogen and oxygen atoms in total. The summed E-state index contributed by atoms with van der Waals surface area (Å²) in [4.78, 5) is 1.40. The summed E-state index contributed by atoms with van der Waals surface area (Å²) >= 11 is 1.98. The van der Waals surface area contributed by atoms with Gasteiger partial charge < -0.3 is 0 Å². The van der Waals surface area contributed by atoms with Crippen LogP contribution in [0.4, 0.5) is 0 Å². The third-order valence-electron chi connectivity index (χ3n) is 2.38. The van der Waals surface area contributed by atoms with Crippen molar-refractivity contribution in [2.75, 3.05) is 5.75 Å². The van der Waals surface area contributed by atoms with Crippen LogP contribution in [0.5, 0.6) is 0 Å². The minimum Gasteiger partial charge on any atom is -0.126 e. The molecular formula is C12H18S. The van der Waals surface area contributed by atoms with E-state index in [0.717, 1.165) is 5.92 Å². The highest BCUT2D eigenvalue weighted by atomic mass is 32.2. The van der Waals surface area contributed by atoms with Crippen molar-refractivity contribution in [1.82, 2.24) is 0 Å². The predicted molar refractivity (Wildman–Crippen MR) is 61.2 cm³/mol. The molecule has 0 N–H and O–H groups in total. The molecule has 0 fully saturated rings. The monoisotopic (exact) mass is 194 g/mol. The lowest BCUT2D eigenvalue weighted by Gasteiger charge is -2.10. The van der Waals surface area contributed by atoms with Crippen LogP contribution in [-0.4, -0.2) is 5.75 Å². The fraction of sp³-hybridized carbons (Fsp3) is 0.500. The maximum atomic E-state index is 2.28. The zero-order valence-corrected chi connectivity index (χ0v) is 9.31. The van der Waals surface area contributed by atoms with Gasteiger partial charge in [-0.3, -0.25) is 0 Å². The Kier molecular flexibility index (Phi) is 4.99. The molecule has 0 spiro atoms. The Morgan fingerprint density at radius 3 is 2.23 bits per heavy atom. The van der Waals surface area contributed by atoms with Gasteiger partial charge in [-0.25, -0.2) is 0 Å². The van der Waals surface area contributed by atoms with Crippen LogP contribution in [0.15, 0.2) is 35.2 Å². The Hall–Kier alpha value is -0.430. The smallest absolute Gasteiger partial charge is 0.00720 e. The maximum absolute atomic E-state index is 2.28. The summed E-state index contributed by atoms with van der Waals surface area (Å²) < 4.78 is 0. The van der Waals surface area contributed by atoms with Crippen molar-refractivity contribution in [2.45, 2.75) is 31.6 Å². The molecule has 1 aromatic rings. The zero-order chi connectivity index (χ0) is 9.52. The third kappa shape index (κ3) is 3.86. The molecule has 0 radical (unpaired) electrons. The lowest BCUT2D eigenvalue weighted by atomic mass is 10.1. The van der Waals surface area contributed by atoms with Crippen LogP contribution < -0.4 is 0 Å². The van der Waals surface area contributed by atoms with E-state index in [1.807, 2.05) is 11.8 Å². The molecule has 13 heavy (non-hydrogen) atoms. The molecule has 0 saturated heterocycles. The van der Waals surface area contributed by atoms with E-state index in [9.17, 15) is 0 Å². The van der Waals surface area contributed by atoms with E-state index >= 15 is 0 Å². The van der Waals surface area contributed by atoms with Gasteiger partial charge in [-0.2, -0.15) is 0 Å². The fourth-order valence-electron chi connectivity index (χ4n) is 1.26. The van der Waals surface area contributed by atoms with E-state index in [1.165, 1.54) is 23.5 Å². The molecule has 0 aliphatic heterocycles. The normalized spacial score (nSPS) is 10.7. The highest BCUT2D eigenvalue weighted by molar-refractivity contribution is 7.99. The Balaban J connectivity index is 2.34. The Morgan fingerprint density at radius 2 is 1.69 bits per heavy atom.